The van der Waals surface area contributed by atoms with Gasteiger partial charge >= 0.3 is 0 Å². The van der Waals surface area contributed by atoms with Crippen molar-refractivity contribution in [3.05, 3.63) is 54.1 Å². The first-order valence-corrected chi connectivity index (χ1v) is 14.8. The fraction of sp³-hybridized carbons (Fsp3) is 0.688. The van der Waals surface area contributed by atoms with Crippen molar-refractivity contribution in [2.24, 2.45) is 0 Å². The van der Waals surface area contributed by atoms with Crippen molar-refractivity contribution in [2.75, 3.05) is 0 Å². The van der Waals surface area contributed by atoms with E-state index in [1.807, 2.05) is 6.20 Å². The van der Waals surface area contributed by atoms with Gasteiger partial charge in [-0.3, -0.25) is 9.97 Å². The van der Waals surface area contributed by atoms with Gasteiger partial charge in [0.2, 0.25) is 0 Å². The summed E-state index contributed by atoms with van der Waals surface area (Å²) >= 11 is 0. The second-order valence-electron chi connectivity index (χ2n) is 10.3. The molecule has 1 unspecified atom stereocenters. The summed E-state index contributed by atoms with van der Waals surface area (Å²) in [4.78, 5) is 8.74. The fourth-order valence-corrected chi connectivity index (χ4v) is 4.77. The van der Waals surface area contributed by atoms with E-state index in [2.05, 4.69) is 48.1 Å². The number of nitrogens with zero attached hydrogens (tertiary/aromatic N) is 2. The number of hydrogen-bond acceptors (Lipinski definition) is 3. The normalized spacial score (nSPS) is 12.1. The Morgan fingerprint density at radius 2 is 1.23 bits per heavy atom. The van der Waals surface area contributed by atoms with Crippen molar-refractivity contribution in [3.63, 3.8) is 0 Å². The SMILES string of the molecule is CCCCCCCCCCCC(Cc1cnccn1)Oc1ccc(CCCCCCCCC)cc1. The summed E-state index contributed by atoms with van der Waals surface area (Å²) in [7, 11) is 0. The first kappa shape index (κ1) is 29.3. The summed E-state index contributed by atoms with van der Waals surface area (Å²) in [6, 6.07) is 8.84. The van der Waals surface area contributed by atoms with Gasteiger partial charge in [0.1, 0.15) is 11.9 Å². The minimum Gasteiger partial charge on any atom is -0.490 e. The largest absolute Gasteiger partial charge is 0.490 e. The summed E-state index contributed by atoms with van der Waals surface area (Å²) in [6.45, 7) is 4.56. The maximum Gasteiger partial charge on any atom is 0.119 e. The van der Waals surface area contributed by atoms with Crippen LogP contribution in [0, 0.1) is 0 Å². The zero-order valence-electron chi connectivity index (χ0n) is 22.9. The smallest absolute Gasteiger partial charge is 0.119 e. The fourth-order valence-electron chi connectivity index (χ4n) is 4.77. The Kier molecular flexibility index (Phi) is 17.0. The van der Waals surface area contributed by atoms with Crippen LogP contribution < -0.4 is 4.74 Å². The predicted octanol–water partition coefficient (Wildman–Crippen LogP) is 9.68. The molecule has 3 nitrogen and oxygen atoms in total. The highest BCUT2D eigenvalue weighted by Gasteiger charge is 2.13. The van der Waals surface area contributed by atoms with Crippen LogP contribution in [0.1, 0.15) is 134 Å². The lowest BCUT2D eigenvalue weighted by atomic mass is 10.0. The molecule has 1 atom stereocenters. The van der Waals surface area contributed by atoms with Crippen LogP contribution in [0.15, 0.2) is 42.9 Å². The third-order valence-corrected chi connectivity index (χ3v) is 6.98. The highest BCUT2D eigenvalue weighted by molar-refractivity contribution is 5.27. The number of rotatable bonds is 22. The zero-order valence-corrected chi connectivity index (χ0v) is 22.9. The Morgan fingerprint density at radius 3 is 1.80 bits per heavy atom. The number of benzene rings is 1. The van der Waals surface area contributed by atoms with Gasteiger partial charge in [-0.2, -0.15) is 0 Å². The monoisotopic (exact) mass is 480 g/mol. The highest BCUT2D eigenvalue weighted by Crippen LogP contribution is 2.20. The summed E-state index contributed by atoms with van der Waals surface area (Å²) in [5.74, 6) is 0.984. The number of ether oxygens (including phenoxy) is 1. The summed E-state index contributed by atoms with van der Waals surface area (Å²) in [5, 5.41) is 0. The van der Waals surface area contributed by atoms with Gasteiger partial charge in [0.05, 0.1) is 5.69 Å². The van der Waals surface area contributed by atoms with Crippen LogP contribution in [0.4, 0.5) is 0 Å². The molecule has 1 aromatic heterocycles. The number of unbranched alkanes of at least 4 members (excludes halogenated alkanes) is 14. The molecule has 3 heteroatoms. The summed E-state index contributed by atoms with van der Waals surface area (Å²) in [5.41, 5.74) is 2.44. The van der Waals surface area contributed by atoms with E-state index in [9.17, 15) is 0 Å². The van der Waals surface area contributed by atoms with Crippen LogP contribution in [-0.2, 0) is 12.8 Å². The molecular weight excluding hydrogens is 428 g/mol. The Morgan fingerprint density at radius 1 is 0.657 bits per heavy atom. The molecule has 0 N–H and O–H groups in total. The molecule has 0 aliphatic heterocycles. The van der Waals surface area contributed by atoms with Crippen molar-refractivity contribution in [2.45, 2.75) is 142 Å². The number of aryl methyl sites for hydroxylation is 1. The predicted molar refractivity (Wildman–Crippen MR) is 150 cm³/mol. The van der Waals surface area contributed by atoms with Crippen LogP contribution in [0.3, 0.4) is 0 Å². The molecular formula is C32H52N2O. The van der Waals surface area contributed by atoms with E-state index in [0.29, 0.717) is 0 Å². The van der Waals surface area contributed by atoms with Crippen molar-refractivity contribution in [1.29, 1.82) is 0 Å². The Hall–Kier alpha value is -1.90. The lowest BCUT2D eigenvalue weighted by Gasteiger charge is -2.19. The minimum atomic E-state index is 0.158. The van der Waals surface area contributed by atoms with Crippen LogP contribution in [-0.4, -0.2) is 16.1 Å². The lowest BCUT2D eigenvalue weighted by molar-refractivity contribution is 0.185. The second-order valence-corrected chi connectivity index (χ2v) is 10.3. The molecule has 0 aliphatic carbocycles. The van der Waals surface area contributed by atoms with Crippen LogP contribution in [0.5, 0.6) is 5.75 Å². The molecule has 35 heavy (non-hydrogen) atoms. The molecule has 0 amide bonds. The van der Waals surface area contributed by atoms with E-state index >= 15 is 0 Å². The average Bonchev–Trinajstić information content (AvgIpc) is 2.88. The molecule has 1 heterocycles. The van der Waals surface area contributed by atoms with Crippen molar-refractivity contribution in [3.8, 4) is 5.75 Å². The van der Waals surface area contributed by atoms with E-state index in [1.54, 1.807) is 12.4 Å². The number of hydrogen-bond donors (Lipinski definition) is 0. The third kappa shape index (κ3) is 15.0. The Bertz CT molecular complexity index is 716. The molecule has 0 radical (unpaired) electrons. The third-order valence-electron chi connectivity index (χ3n) is 6.98. The lowest BCUT2D eigenvalue weighted by Crippen LogP contribution is -2.20. The molecule has 0 aliphatic rings. The van der Waals surface area contributed by atoms with Gasteiger partial charge in [0.15, 0.2) is 0 Å². The van der Waals surface area contributed by atoms with E-state index in [4.69, 9.17) is 4.74 Å². The molecule has 0 spiro atoms. The van der Waals surface area contributed by atoms with Crippen LogP contribution in [0.2, 0.25) is 0 Å². The quantitative estimate of drug-likeness (QED) is 0.157. The minimum absolute atomic E-state index is 0.158. The molecule has 0 fully saturated rings. The molecule has 0 saturated heterocycles. The van der Waals surface area contributed by atoms with Crippen LogP contribution in [0.25, 0.3) is 0 Å². The van der Waals surface area contributed by atoms with Crippen molar-refractivity contribution >= 4 is 0 Å². The van der Waals surface area contributed by atoms with Crippen LogP contribution >= 0.6 is 0 Å². The van der Waals surface area contributed by atoms with E-state index < -0.39 is 0 Å². The molecule has 0 saturated carbocycles. The van der Waals surface area contributed by atoms with E-state index in [1.165, 1.54) is 115 Å². The molecule has 0 bridgehead atoms. The highest BCUT2D eigenvalue weighted by atomic mass is 16.5. The van der Waals surface area contributed by atoms with Gasteiger partial charge in [-0.05, 0) is 43.4 Å². The summed E-state index contributed by atoms with van der Waals surface area (Å²) < 4.78 is 6.46. The van der Waals surface area contributed by atoms with Gasteiger partial charge in [-0.15, -0.1) is 0 Å². The van der Waals surface area contributed by atoms with E-state index in [0.717, 1.165) is 24.3 Å². The molecule has 2 rings (SSSR count). The first-order chi connectivity index (χ1) is 17.3. The van der Waals surface area contributed by atoms with Gasteiger partial charge in [-0.25, -0.2) is 0 Å². The summed E-state index contributed by atoms with van der Waals surface area (Å²) in [6.07, 6.45) is 30.3. The Labute approximate surface area is 216 Å². The van der Waals surface area contributed by atoms with Crippen molar-refractivity contribution in [1.82, 2.24) is 9.97 Å². The van der Waals surface area contributed by atoms with Gasteiger partial charge in [0, 0.05) is 25.0 Å². The topological polar surface area (TPSA) is 35.0 Å². The molecule has 1 aromatic carbocycles. The zero-order chi connectivity index (χ0) is 24.8. The molecule has 2 aromatic rings. The van der Waals surface area contributed by atoms with E-state index in [-0.39, 0.29) is 6.10 Å². The van der Waals surface area contributed by atoms with Gasteiger partial charge in [-0.1, -0.05) is 116 Å². The van der Waals surface area contributed by atoms with Gasteiger partial charge in [0.25, 0.3) is 0 Å². The molecule has 196 valence electrons. The standard InChI is InChI=1S/C32H52N2O/c1-3-5-7-9-11-12-14-16-18-20-32(27-30-28-33-25-26-34-30)35-31-23-21-29(22-24-31)19-17-15-13-10-8-6-4-2/h21-26,28,32H,3-20,27H2,1-2H3. The Balaban J connectivity index is 1.72. The second kappa shape index (κ2) is 20.3. The van der Waals surface area contributed by atoms with Crippen molar-refractivity contribution < 1.29 is 4.74 Å². The maximum absolute atomic E-state index is 6.46. The first-order valence-electron chi connectivity index (χ1n) is 14.8. The van der Waals surface area contributed by atoms with Gasteiger partial charge < -0.3 is 4.74 Å². The average molecular weight is 481 g/mol. The number of aromatic nitrogens is 2. The maximum atomic E-state index is 6.46.